The Morgan fingerprint density at radius 2 is 1.78 bits per heavy atom. The molecule has 0 radical (unpaired) electrons. The number of Topliss-reactive ketones (excluding diaryl/α,β-unsaturated/α-hetero) is 1. The monoisotopic (exact) mass is 563 g/mol. The number of hydrogen-bond acceptors (Lipinski definition) is 5. The number of hydrogen-bond donors (Lipinski definition) is 1. The summed E-state index contributed by atoms with van der Waals surface area (Å²) in [6.45, 7) is 4.22. The number of fused-ring (bicyclic) bond motifs is 2. The van der Waals surface area contributed by atoms with Crippen LogP contribution in [0.1, 0.15) is 46.8 Å². The molecule has 0 unspecified atom stereocenters. The van der Waals surface area contributed by atoms with Crippen molar-refractivity contribution >= 4 is 45.0 Å². The third-order valence-corrected chi connectivity index (χ3v) is 7.21. The second kappa shape index (κ2) is 9.96. The molecule has 1 heterocycles. The van der Waals surface area contributed by atoms with Gasteiger partial charge in [0.15, 0.2) is 5.78 Å². The van der Waals surface area contributed by atoms with Gasteiger partial charge in [-0.2, -0.15) is 0 Å². The Morgan fingerprint density at radius 3 is 2.47 bits per heavy atom. The van der Waals surface area contributed by atoms with E-state index in [4.69, 9.17) is 21.1 Å². The Balaban J connectivity index is 1.53. The van der Waals surface area contributed by atoms with Crippen molar-refractivity contribution < 1.29 is 19.1 Å². The largest absolute Gasteiger partial charge is 0.488 e. The van der Waals surface area contributed by atoms with Gasteiger partial charge in [-0.3, -0.25) is 4.79 Å². The fourth-order valence-electron chi connectivity index (χ4n) is 4.70. The minimum Gasteiger partial charge on any atom is -0.488 e. The van der Waals surface area contributed by atoms with Crippen molar-refractivity contribution in [1.82, 2.24) is 5.32 Å². The van der Waals surface area contributed by atoms with Crippen molar-refractivity contribution in [2.75, 3.05) is 6.61 Å². The number of carbonyl (C=O) groups excluding carboxylic acids is 2. The molecule has 0 aromatic heterocycles. The Labute approximate surface area is 222 Å². The Morgan fingerprint density at radius 1 is 1.06 bits per heavy atom. The van der Waals surface area contributed by atoms with E-state index in [1.54, 1.807) is 6.92 Å². The second-order valence-corrected chi connectivity index (χ2v) is 9.88. The van der Waals surface area contributed by atoms with Gasteiger partial charge in [0.05, 0.1) is 22.3 Å². The molecule has 0 saturated carbocycles. The van der Waals surface area contributed by atoms with Gasteiger partial charge >= 0.3 is 5.97 Å². The molecule has 3 aromatic rings. The minimum absolute atomic E-state index is 0.0911. The zero-order chi connectivity index (χ0) is 25.4. The highest BCUT2D eigenvalue weighted by Crippen LogP contribution is 2.47. The molecule has 5 rings (SSSR count). The van der Waals surface area contributed by atoms with E-state index in [0.29, 0.717) is 39.8 Å². The molecule has 1 N–H and O–H groups in total. The molecule has 0 fully saturated rings. The Bertz CT molecular complexity index is 1440. The van der Waals surface area contributed by atoms with Crippen molar-refractivity contribution in [2.24, 2.45) is 0 Å². The first-order valence-corrected chi connectivity index (χ1v) is 12.8. The van der Waals surface area contributed by atoms with E-state index < -0.39 is 11.9 Å². The third-order valence-electron chi connectivity index (χ3n) is 6.34. The van der Waals surface area contributed by atoms with Crippen LogP contribution in [0.4, 0.5) is 0 Å². The molecule has 3 aromatic carbocycles. The number of benzene rings is 3. The summed E-state index contributed by atoms with van der Waals surface area (Å²) in [5.41, 5.74) is 5.63. The van der Waals surface area contributed by atoms with Gasteiger partial charge in [0.1, 0.15) is 12.4 Å². The first kappa shape index (κ1) is 24.3. The van der Waals surface area contributed by atoms with E-state index in [1.807, 2.05) is 73.7 Å². The zero-order valence-electron chi connectivity index (χ0n) is 19.7. The first-order chi connectivity index (χ1) is 17.4. The smallest absolute Gasteiger partial charge is 0.336 e. The summed E-state index contributed by atoms with van der Waals surface area (Å²) >= 11 is 9.59. The number of halogens is 2. The number of carbonyl (C=O) groups is 2. The van der Waals surface area contributed by atoms with Gasteiger partial charge in [-0.05, 0) is 65.2 Å². The topological polar surface area (TPSA) is 64.6 Å². The van der Waals surface area contributed by atoms with Crippen LogP contribution in [0.3, 0.4) is 0 Å². The minimum atomic E-state index is -0.582. The molecule has 1 aliphatic carbocycles. The maximum atomic E-state index is 13.6. The van der Waals surface area contributed by atoms with Gasteiger partial charge < -0.3 is 14.8 Å². The van der Waals surface area contributed by atoms with Crippen LogP contribution >= 0.6 is 27.5 Å². The van der Waals surface area contributed by atoms with Crippen LogP contribution in [0.25, 0.3) is 5.70 Å². The first-order valence-electron chi connectivity index (χ1n) is 11.6. The zero-order valence-corrected chi connectivity index (χ0v) is 22.1. The summed E-state index contributed by atoms with van der Waals surface area (Å²) in [6.07, 6.45) is 0. The molecule has 0 spiro atoms. The van der Waals surface area contributed by atoms with Gasteiger partial charge in [0.25, 0.3) is 0 Å². The van der Waals surface area contributed by atoms with E-state index in [9.17, 15) is 9.59 Å². The number of nitrogens with one attached hydrogen (secondary N) is 1. The number of rotatable bonds is 6. The molecule has 0 amide bonds. The second-order valence-electron chi connectivity index (χ2n) is 8.59. The highest BCUT2D eigenvalue weighted by Gasteiger charge is 2.43. The van der Waals surface area contributed by atoms with Gasteiger partial charge in [-0.1, -0.05) is 54.1 Å². The Hall–Kier alpha value is -3.35. The van der Waals surface area contributed by atoms with Crippen molar-refractivity contribution in [3.05, 3.63) is 115 Å². The van der Waals surface area contributed by atoms with E-state index in [-0.39, 0.29) is 12.4 Å². The lowest BCUT2D eigenvalue weighted by atomic mass is 9.80. The third kappa shape index (κ3) is 4.36. The lowest BCUT2D eigenvalue weighted by molar-refractivity contribution is -0.138. The fraction of sp³-hybridized carbons (Fsp3) is 0.172. The highest BCUT2D eigenvalue weighted by atomic mass is 79.9. The molecular weight excluding hydrogens is 542 g/mol. The molecular formula is C29H23BrClNO4. The molecule has 36 heavy (non-hydrogen) atoms. The summed E-state index contributed by atoms with van der Waals surface area (Å²) in [4.78, 5) is 26.7. The predicted molar refractivity (Wildman–Crippen MR) is 143 cm³/mol. The summed E-state index contributed by atoms with van der Waals surface area (Å²) < 4.78 is 12.1. The lowest BCUT2D eigenvalue weighted by Crippen LogP contribution is -2.29. The maximum absolute atomic E-state index is 13.6. The molecule has 0 bridgehead atoms. The predicted octanol–water partition coefficient (Wildman–Crippen LogP) is 6.81. The van der Waals surface area contributed by atoms with Crippen molar-refractivity contribution in [3.8, 4) is 5.75 Å². The average molecular weight is 565 g/mol. The maximum Gasteiger partial charge on any atom is 0.336 e. The standard InChI is InChI=1S/C29H23BrClNO4/c1-3-35-29(34)24-16(2)32-27-20-6-4-5-7-21(20)28(33)26(27)25(24)18-10-13-23(22(30)14-18)36-15-17-8-11-19(31)12-9-17/h4-14,25,32H,3,15H2,1-2H3/t25-/m1/s1. The lowest BCUT2D eigenvalue weighted by Gasteiger charge is -2.29. The quantitative estimate of drug-likeness (QED) is 0.333. The van der Waals surface area contributed by atoms with Crippen molar-refractivity contribution in [3.63, 3.8) is 0 Å². The van der Waals surface area contributed by atoms with Crippen LogP contribution < -0.4 is 10.1 Å². The summed E-state index contributed by atoms with van der Waals surface area (Å²) in [6, 6.07) is 20.6. The van der Waals surface area contributed by atoms with Gasteiger partial charge in [-0.15, -0.1) is 0 Å². The molecule has 1 aliphatic heterocycles. The SMILES string of the molecule is CCOC(=O)C1=C(C)NC2=C(C(=O)c3ccccc32)[C@@H]1c1ccc(OCc2ccc(Cl)cc2)c(Br)c1. The molecule has 0 saturated heterocycles. The van der Waals surface area contributed by atoms with Gasteiger partial charge in [0, 0.05) is 33.3 Å². The van der Waals surface area contributed by atoms with E-state index in [1.165, 1.54) is 0 Å². The summed E-state index contributed by atoms with van der Waals surface area (Å²) in [5, 5.41) is 3.98. The average Bonchev–Trinajstić information content (AvgIpc) is 3.15. The van der Waals surface area contributed by atoms with Crippen molar-refractivity contribution in [2.45, 2.75) is 26.4 Å². The van der Waals surface area contributed by atoms with Crippen LogP contribution in [0, 0.1) is 0 Å². The molecule has 1 atom stereocenters. The number of ether oxygens (including phenoxy) is 2. The fourth-order valence-corrected chi connectivity index (χ4v) is 5.33. The number of allylic oxidation sites excluding steroid dienone is 2. The van der Waals surface area contributed by atoms with Crippen LogP contribution in [0.15, 0.2) is 88.0 Å². The highest BCUT2D eigenvalue weighted by molar-refractivity contribution is 9.10. The van der Waals surface area contributed by atoms with Crippen LogP contribution in [0.5, 0.6) is 5.75 Å². The van der Waals surface area contributed by atoms with Gasteiger partial charge in [-0.25, -0.2) is 4.79 Å². The Kier molecular flexibility index (Phi) is 6.73. The van der Waals surface area contributed by atoms with Crippen molar-refractivity contribution in [1.29, 1.82) is 0 Å². The summed E-state index contributed by atoms with van der Waals surface area (Å²) in [5.74, 6) is -0.466. The molecule has 2 aliphatic rings. The number of ketones is 1. The normalized spacial score (nSPS) is 16.4. The van der Waals surface area contributed by atoms with Gasteiger partial charge in [0.2, 0.25) is 0 Å². The molecule has 5 nitrogen and oxygen atoms in total. The summed E-state index contributed by atoms with van der Waals surface area (Å²) in [7, 11) is 0. The molecule has 7 heteroatoms. The number of esters is 1. The van der Waals surface area contributed by atoms with E-state index in [2.05, 4.69) is 21.2 Å². The van der Waals surface area contributed by atoms with Crippen LogP contribution in [-0.2, 0) is 16.1 Å². The number of dihydropyridines is 1. The van der Waals surface area contributed by atoms with Crippen LogP contribution in [0.2, 0.25) is 5.02 Å². The molecule has 182 valence electrons. The van der Waals surface area contributed by atoms with E-state index in [0.717, 1.165) is 26.9 Å². The van der Waals surface area contributed by atoms with E-state index >= 15 is 0 Å². The van der Waals surface area contributed by atoms with Crippen LogP contribution in [-0.4, -0.2) is 18.4 Å².